The molecule has 1 atom stereocenters. The minimum atomic E-state index is -0.708. The molecule has 0 radical (unpaired) electrons. The number of hydrogen-bond donors (Lipinski definition) is 1. The molecule has 1 heterocycles. The zero-order valence-corrected chi connectivity index (χ0v) is 13.3. The topological polar surface area (TPSA) is 47.6 Å². The quantitative estimate of drug-likeness (QED) is 0.800. The standard InChI is InChI=1S/C13H18BrNO3S/c1-2-19(16)6-3-15-9-10-7-11(14)13-12(8-10)17-4-5-18-13/h7-8,15H,2-6,9H2,1H3. The van der Waals surface area contributed by atoms with Crippen LogP contribution in [0.5, 0.6) is 11.5 Å². The summed E-state index contributed by atoms with van der Waals surface area (Å²) in [6, 6.07) is 4.01. The Bertz CT molecular complexity index is 467. The molecular weight excluding hydrogens is 330 g/mol. The lowest BCUT2D eigenvalue weighted by atomic mass is 10.2. The molecular formula is C13H18BrNO3S. The summed E-state index contributed by atoms with van der Waals surface area (Å²) in [7, 11) is -0.708. The lowest BCUT2D eigenvalue weighted by Gasteiger charge is -2.20. The van der Waals surface area contributed by atoms with Gasteiger partial charge < -0.3 is 14.8 Å². The van der Waals surface area contributed by atoms with Crippen molar-refractivity contribution in [3.63, 3.8) is 0 Å². The molecule has 1 unspecified atom stereocenters. The molecule has 1 aliphatic rings. The molecule has 0 saturated carbocycles. The molecule has 0 aliphatic carbocycles. The van der Waals surface area contributed by atoms with Gasteiger partial charge in [-0.25, -0.2) is 0 Å². The van der Waals surface area contributed by atoms with Crippen molar-refractivity contribution in [3.05, 3.63) is 22.2 Å². The predicted octanol–water partition coefficient (Wildman–Crippen LogP) is 2.08. The molecule has 0 fully saturated rings. The maximum atomic E-state index is 11.3. The van der Waals surface area contributed by atoms with Gasteiger partial charge in [0.2, 0.25) is 0 Å². The molecule has 2 rings (SSSR count). The number of halogens is 1. The first-order chi connectivity index (χ1) is 9.20. The molecule has 0 saturated heterocycles. The first kappa shape index (κ1) is 14.8. The third kappa shape index (κ3) is 4.19. The van der Waals surface area contributed by atoms with Gasteiger partial charge in [-0.2, -0.15) is 0 Å². The highest BCUT2D eigenvalue weighted by molar-refractivity contribution is 9.10. The third-order valence-corrected chi connectivity index (χ3v) is 4.71. The monoisotopic (exact) mass is 347 g/mol. The molecule has 106 valence electrons. The van der Waals surface area contributed by atoms with Crippen LogP contribution in [-0.4, -0.2) is 35.5 Å². The van der Waals surface area contributed by atoms with E-state index < -0.39 is 10.8 Å². The highest BCUT2D eigenvalue weighted by Gasteiger charge is 2.16. The zero-order valence-electron chi connectivity index (χ0n) is 10.9. The van der Waals surface area contributed by atoms with E-state index in [1.165, 1.54) is 0 Å². The predicted molar refractivity (Wildman–Crippen MR) is 80.4 cm³/mol. The van der Waals surface area contributed by atoms with Crippen molar-refractivity contribution in [1.82, 2.24) is 5.32 Å². The average Bonchev–Trinajstić information content (AvgIpc) is 2.43. The molecule has 4 nitrogen and oxygen atoms in total. The smallest absolute Gasteiger partial charge is 0.175 e. The second-order valence-corrected chi connectivity index (χ2v) is 6.93. The molecule has 1 aliphatic heterocycles. The van der Waals surface area contributed by atoms with Gasteiger partial charge in [-0.3, -0.25) is 4.21 Å². The summed E-state index contributed by atoms with van der Waals surface area (Å²) in [5.74, 6) is 2.98. The van der Waals surface area contributed by atoms with E-state index in [0.717, 1.165) is 40.4 Å². The Morgan fingerprint density at radius 1 is 1.37 bits per heavy atom. The van der Waals surface area contributed by atoms with E-state index in [-0.39, 0.29) is 0 Å². The van der Waals surface area contributed by atoms with Crippen LogP contribution in [0.15, 0.2) is 16.6 Å². The number of fused-ring (bicyclic) bond motifs is 1. The Hall–Kier alpha value is -0.590. The molecule has 0 aromatic heterocycles. The Labute approximate surface area is 124 Å². The first-order valence-electron chi connectivity index (χ1n) is 6.34. The Morgan fingerprint density at radius 3 is 2.95 bits per heavy atom. The molecule has 1 aromatic carbocycles. The summed E-state index contributed by atoms with van der Waals surface area (Å²) < 4.78 is 23.3. The molecule has 1 N–H and O–H groups in total. The van der Waals surface area contributed by atoms with Crippen molar-refractivity contribution in [2.45, 2.75) is 13.5 Å². The van der Waals surface area contributed by atoms with E-state index in [9.17, 15) is 4.21 Å². The summed E-state index contributed by atoms with van der Waals surface area (Å²) in [6.07, 6.45) is 0. The highest BCUT2D eigenvalue weighted by Crippen LogP contribution is 2.38. The van der Waals surface area contributed by atoms with Crippen molar-refractivity contribution in [3.8, 4) is 11.5 Å². The minimum absolute atomic E-state index is 0.589. The minimum Gasteiger partial charge on any atom is -0.486 e. The highest BCUT2D eigenvalue weighted by atomic mass is 79.9. The van der Waals surface area contributed by atoms with Crippen molar-refractivity contribution in [2.75, 3.05) is 31.3 Å². The Balaban J connectivity index is 1.90. The van der Waals surface area contributed by atoms with Crippen molar-refractivity contribution < 1.29 is 13.7 Å². The lowest BCUT2D eigenvalue weighted by Crippen LogP contribution is -2.21. The van der Waals surface area contributed by atoms with Crippen LogP contribution in [0.25, 0.3) is 0 Å². The summed E-state index contributed by atoms with van der Waals surface area (Å²) in [5.41, 5.74) is 1.12. The normalized spacial score (nSPS) is 15.3. The second-order valence-electron chi connectivity index (χ2n) is 4.21. The number of benzene rings is 1. The number of rotatable bonds is 6. The van der Waals surface area contributed by atoms with Gasteiger partial charge in [0.05, 0.1) is 4.47 Å². The van der Waals surface area contributed by atoms with Gasteiger partial charge in [-0.05, 0) is 33.6 Å². The van der Waals surface area contributed by atoms with Gasteiger partial charge in [-0.15, -0.1) is 0 Å². The molecule has 0 bridgehead atoms. The van der Waals surface area contributed by atoms with Crippen LogP contribution in [0.3, 0.4) is 0 Å². The van der Waals surface area contributed by atoms with Crippen LogP contribution >= 0.6 is 15.9 Å². The summed E-state index contributed by atoms with van der Waals surface area (Å²) in [6.45, 7) is 4.61. The second kappa shape index (κ2) is 7.26. The summed E-state index contributed by atoms with van der Waals surface area (Å²) >= 11 is 3.49. The van der Waals surface area contributed by atoms with Crippen LogP contribution in [0.2, 0.25) is 0 Å². The van der Waals surface area contributed by atoms with Crippen LogP contribution in [0.1, 0.15) is 12.5 Å². The lowest BCUT2D eigenvalue weighted by molar-refractivity contribution is 0.170. The SMILES string of the molecule is CCS(=O)CCNCc1cc(Br)c2c(c1)OCCO2. The largest absolute Gasteiger partial charge is 0.486 e. The zero-order chi connectivity index (χ0) is 13.7. The maximum absolute atomic E-state index is 11.3. The van der Waals surface area contributed by atoms with Gasteiger partial charge in [0.1, 0.15) is 13.2 Å². The van der Waals surface area contributed by atoms with Crippen molar-refractivity contribution >= 4 is 26.7 Å². The number of hydrogen-bond acceptors (Lipinski definition) is 4. The molecule has 0 spiro atoms. The maximum Gasteiger partial charge on any atom is 0.175 e. The van der Waals surface area contributed by atoms with Gasteiger partial charge in [0.25, 0.3) is 0 Å². The fraction of sp³-hybridized carbons (Fsp3) is 0.538. The van der Waals surface area contributed by atoms with Crippen LogP contribution in [-0.2, 0) is 17.3 Å². The van der Waals surface area contributed by atoms with Gasteiger partial charge in [0, 0.05) is 35.4 Å². The fourth-order valence-electron chi connectivity index (χ4n) is 1.83. The van der Waals surface area contributed by atoms with E-state index >= 15 is 0 Å². The van der Waals surface area contributed by atoms with E-state index in [0.29, 0.717) is 19.0 Å². The average molecular weight is 348 g/mol. The van der Waals surface area contributed by atoms with E-state index in [4.69, 9.17) is 9.47 Å². The van der Waals surface area contributed by atoms with Gasteiger partial charge in [0.15, 0.2) is 11.5 Å². The number of nitrogens with one attached hydrogen (secondary N) is 1. The van der Waals surface area contributed by atoms with Gasteiger partial charge in [-0.1, -0.05) is 6.92 Å². The molecule has 19 heavy (non-hydrogen) atoms. The van der Waals surface area contributed by atoms with E-state index in [2.05, 4.69) is 21.2 Å². The van der Waals surface area contributed by atoms with Gasteiger partial charge >= 0.3 is 0 Å². The first-order valence-corrected chi connectivity index (χ1v) is 8.62. The van der Waals surface area contributed by atoms with Crippen LogP contribution in [0, 0.1) is 0 Å². The van der Waals surface area contributed by atoms with E-state index in [1.54, 1.807) is 0 Å². The molecule has 0 amide bonds. The molecule has 1 aromatic rings. The van der Waals surface area contributed by atoms with Crippen LogP contribution < -0.4 is 14.8 Å². The Kier molecular flexibility index (Phi) is 5.66. The molecule has 6 heteroatoms. The number of ether oxygens (including phenoxy) is 2. The van der Waals surface area contributed by atoms with E-state index in [1.807, 2.05) is 19.1 Å². The fourth-order valence-corrected chi connectivity index (χ4v) is 3.09. The summed E-state index contributed by atoms with van der Waals surface area (Å²) in [4.78, 5) is 0. The Morgan fingerprint density at radius 2 is 2.16 bits per heavy atom. The van der Waals surface area contributed by atoms with Crippen LogP contribution in [0.4, 0.5) is 0 Å². The van der Waals surface area contributed by atoms with Crippen molar-refractivity contribution in [1.29, 1.82) is 0 Å². The summed E-state index contributed by atoms with van der Waals surface area (Å²) in [5, 5.41) is 3.29. The van der Waals surface area contributed by atoms with Crippen molar-refractivity contribution in [2.24, 2.45) is 0 Å². The third-order valence-electron chi connectivity index (χ3n) is 2.81.